The maximum atomic E-state index is 11.6. The summed E-state index contributed by atoms with van der Waals surface area (Å²) in [5, 5.41) is 11.6. The van der Waals surface area contributed by atoms with Crippen molar-refractivity contribution in [1.82, 2.24) is 19.9 Å². The van der Waals surface area contributed by atoms with Crippen LogP contribution in [0.15, 0.2) is 42.5 Å². The van der Waals surface area contributed by atoms with E-state index in [1.165, 1.54) is 47.9 Å². The predicted octanol–water partition coefficient (Wildman–Crippen LogP) is 11.9. The lowest BCUT2D eigenvalue weighted by atomic mass is 9.94. The molecule has 6 rings (SSSR count). The third-order valence-corrected chi connectivity index (χ3v) is 10.7. The second-order valence-electron chi connectivity index (χ2n) is 13.8. The zero-order valence-electron chi connectivity index (χ0n) is 30.4. The van der Waals surface area contributed by atoms with Gasteiger partial charge in [0.2, 0.25) is 0 Å². The van der Waals surface area contributed by atoms with Gasteiger partial charge >= 0.3 is 0 Å². The number of non-ortho nitro benzene ring substituents is 1. The summed E-state index contributed by atoms with van der Waals surface area (Å²) in [7, 11) is 0. The lowest BCUT2D eigenvalue weighted by molar-refractivity contribution is -0.384. The number of hydrogen-bond donors (Lipinski definition) is 2. The lowest BCUT2D eigenvalue weighted by Gasteiger charge is -2.09. The van der Waals surface area contributed by atoms with Crippen molar-refractivity contribution in [3.05, 3.63) is 97.6 Å². The molecule has 7 heteroatoms. The van der Waals surface area contributed by atoms with Crippen molar-refractivity contribution in [3.8, 4) is 11.1 Å². The Bertz CT molecular complexity index is 2050. The summed E-state index contributed by atoms with van der Waals surface area (Å²) >= 11 is 0. The molecule has 2 N–H and O–H groups in total. The molecule has 3 aromatic heterocycles. The number of benzene rings is 1. The predicted molar refractivity (Wildman–Crippen MR) is 205 cm³/mol. The van der Waals surface area contributed by atoms with Crippen LogP contribution < -0.4 is 0 Å². The van der Waals surface area contributed by atoms with Gasteiger partial charge in [-0.15, -0.1) is 0 Å². The first-order valence-corrected chi connectivity index (χ1v) is 17.9. The van der Waals surface area contributed by atoms with E-state index in [-0.39, 0.29) is 10.6 Å². The Labute approximate surface area is 289 Å². The second kappa shape index (κ2) is 14.0. The van der Waals surface area contributed by atoms with E-state index in [2.05, 4.69) is 83.6 Å². The Morgan fingerprint density at radius 1 is 0.612 bits per heavy atom. The number of nitro groups is 1. The van der Waals surface area contributed by atoms with Crippen LogP contribution in [0.1, 0.15) is 125 Å². The Morgan fingerprint density at radius 3 is 1.47 bits per heavy atom. The minimum atomic E-state index is -0.357. The molecule has 0 fully saturated rings. The number of hydrogen-bond acceptors (Lipinski definition) is 4. The zero-order valence-corrected chi connectivity index (χ0v) is 30.4. The van der Waals surface area contributed by atoms with Gasteiger partial charge in [0.15, 0.2) is 0 Å². The number of allylic oxidation sites excluding steroid dienone is 4. The van der Waals surface area contributed by atoms with Crippen LogP contribution in [-0.2, 0) is 12.8 Å². The van der Waals surface area contributed by atoms with Crippen LogP contribution in [-0.4, -0.2) is 24.9 Å². The first-order valence-electron chi connectivity index (χ1n) is 17.9. The van der Waals surface area contributed by atoms with Crippen molar-refractivity contribution in [3.63, 3.8) is 0 Å². The van der Waals surface area contributed by atoms with Gasteiger partial charge in [0.1, 0.15) is 0 Å². The molecule has 8 bridgehead atoms. The molecule has 0 spiro atoms. The highest BCUT2D eigenvalue weighted by molar-refractivity contribution is 6.01. The number of rotatable bonds is 10. The number of aryl methyl sites for hydroxylation is 4. The highest BCUT2D eigenvalue weighted by Crippen LogP contribution is 2.42. The molecule has 49 heavy (non-hydrogen) atoms. The average Bonchev–Trinajstić information content (AvgIpc) is 3.73. The molecule has 0 aliphatic carbocycles. The number of aromatic nitrogens is 4. The molecule has 0 saturated heterocycles. The van der Waals surface area contributed by atoms with Crippen molar-refractivity contribution >= 4 is 50.0 Å². The van der Waals surface area contributed by atoms with Gasteiger partial charge in [-0.1, -0.05) is 39.5 Å². The minimum Gasteiger partial charge on any atom is -0.355 e. The number of nitro benzene ring substituents is 1. The molecule has 0 atom stereocenters. The molecule has 7 nitrogen and oxygen atoms in total. The number of nitrogens with zero attached hydrogens (tertiary/aromatic N) is 3. The largest absolute Gasteiger partial charge is 0.355 e. The van der Waals surface area contributed by atoms with Crippen LogP contribution >= 0.6 is 0 Å². The maximum Gasteiger partial charge on any atom is 0.269 e. The third kappa shape index (κ3) is 6.39. The molecule has 5 heterocycles. The topological polar surface area (TPSA) is 100 Å². The van der Waals surface area contributed by atoms with Crippen LogP contribution in [0.5, 0.6) is 0 Å². The zero-order chi connectivity index (χ0) is 35.0. The Morgan fingerprint density at radius 2 is 1.06 bits per heavy atom. The summed E-state index contributed by atoms with van der Waals surface area (Å²) in [5.41, 5.74) is 19.5. The van der Waals surface area contributed by atoms with Gasteiger partial charge in [-0.05, 0) is 148 Å². The molecule has 0 amide bonds. The monoisotopic (exact) mass is 655 g/mol. The average molecular weight is 656 g/mol. The van der Waals surface area contributed by atoms with Gasteiger partial charge in [0, 0.05) is 39.8 Å². The Kier molecular flexibility index (Phi) is 9.73. The number of H-pyrrole nitrogens is 2. The van der Waals surface area contributed by atoms with Crippen molar-refractivity contribution in [1.29, 1.82) is 0 Å². The van der Waals surface area contributed by atoms with E-state index in [9.17, 15) is 10.1 Å². The van der Waals surface area contributed by atoms with E-state index < -0.39 is 0 Å². The molecule has 1 aromatic carbocycles. The number of fused-ring (bicyclic) bond motifs is 8. The van der Waals surface area contributed by atoms with Crippen LogP contribution in [0.4, 0.5) is 5.69 Å². The minimum absolute atomic E-state index is 0.0599. The number of nitrogens with one attached hydrogen (secondary N) is 2. The SMILES string of the molecule is CCCCCc1c(C)c2cc3nc(c(-c4ccc([N+](=O)[O-])cc4)c4nc(cc5[nH]c(cc1[nH]2)c(CCCCC)c5C)C(C)=C4C)C(C)=C3C. The van der Waals surface area contributed by atoms with Crippen LogP contribution in [0.25, 0.3) is 55.5 Å². The van der Waals surface area contributed by atoms with E-state index >= 15 is 0 Å². The van der Waals surface area contributed by atoms with E-state index in [1.54, 1.807) is 12.1 Å². The Hall–Kier alpha value is -4.78. The highest BCUT2D eigenvalue weighted by Gasteiger charge is 2.25. The lowest BCUT2D eigenvalue weighted by Crippen LogP contribution is -1.94. The second-order valence-corrected chi connectivity index (χ2v) is 13.8. The van der Waals surface area contributed by atoms with Gasteiger partial charge in [-0.3, -0.25) is 10.1 Å². The molecule has 4 aromatic rings. The highest BCUT2D eigenvalue weighted by atomic mass is 16.6. The molecule has 0 radical (unpaired) electrons. The molecule has 0 unspecified atom stereocenters. The van der Waals surface area contributed by atoms with Gasteiger partial charge in [-0.2, -0.15) is 0 Å². The molecule has 2 aliphatic rings. The number of unbranched alkanes of at least 4 members (excludes halogenated alkanes) is 4. The van der Waals surface area contributed by atoms with E-state index in [1.807, 2.05) is 12.1 Å². The summed E-state index contributed by atoms with van der Waals surface area (Å²) in [6.45, 7) is 17.5. The molecular formula is C42H49N5O2. The van der Waals surface area contributed by atoms with Crippen molar-refractivity contribution < 1.29 is 4.92 Å². The van der Waals surface area contributed by atoms with Gasteiger partial charge in [-0.25, -0.2) is 9.97 Å². The standard InChI is InChI=1S/C42H49N5O2/c1-9-11-13-15-32-28(7)36-21-34-24(3)26(5)41(45-34)40(30-17-19-31(20-18-30)47(48)49)42-27(6)25(4)35(46-42)22-37-29(8)33(16-14-12-10-2)39(44-37)23-38(32)43-36/h17-23,43-44H,9-16H2,1-8H3. The van der Waals surface area contributed by atoms with E-state index in [0.717, 1.165) is 104 Å². The van der Waals surface area contributed by atoms with Gasteiger partial charge in [0.25, 0.3) is 5.69 Å². The van der Waals surface area contributed by atoms with Crippen molar-refractivity contribution in [2.24, 2.45) is 0 Å². The Balaban J connectivity index is 1.77. The first kappa shape index (κ1) is 34.1. The smallest absolute Gasteiger partial charge is 0.269 e. The van der Waals surface area contributed by atoms with E-state index in [0.29, 0.717) is 0 Å². The van der Waals surface area contributed by atoms with Crippen LogP contribution in [0.2, 0.25) is 0 Å². The van der Waals surface area contributed by atoms with Gasteiger partial charge < -0.3 is 9.97 Å². The fraction of sp³-hybridized carbons (Fsp3) is 0.381. The third-order valence-electron chi connectivity index (χ3n) is 10.7. The summed E-state index contributed by atoms with van der Waals surface area (Å²) < 4.78 is 0. The summed E-state index contributed by atoms with van der Waals surface area (Å²) in [6.07, 6.45) is 9.10. The molecular weight excluding hydrogens is 606 g/mol. The summed E-state index contributed by atoms with van der Waals surface area (Å²) in [6, 6.07) is 13.5. The maximum absolute atomic E-state index is 11.6. The summed E-state index contributed by atoms with van der Waals surface area (Å²) in [4.78, 5) is 29.5. The van der Waals surface area contributed by atoms with Crippen molar-refractivity contribution in [2.45, 2.75) is 107 Å². The normalized spacial score (nSPS) is 13.1. The van der Waals surface area contributed by atoms with E-state index in [4.69, 9.17) is 9.97 Å². The molecule has 254 valence electrons. The quantitative estimate of drug-likeness (QED) is 0.101. The molecule has 0 saturated carbocycles. The fourth-order valence-corrected chi connectivity index (χ4v) is 7.28. The molecule has 2 aliphatic heterocycles. The summed E-state index contributed by atoms with van der Waals surface area (Å²) in [5.74, 6) is 0. The van der Waals surface area contributed by atoms with Crippen LogP contribution in [0, 0.1) is 24.0 Å². The van der Waals surface area contributed by atoms with Gasteiger partial charge in [0.05, 0.1) is 27.7 Å². The van der Waals surface area contributed by atoms with Crippen LogP contribution in [0.3, 0.4) is 0 Å². The van der Waals surface area contributed by atoms with Crippen molar-refractivity contribution in [2.75, 3.05) is 0 Å². The fourth-order valence-electron chi connectivity index (χ4n) is 7.28. The number of aromatic amines is 2. The first-order chi connectivity index (χ1) is 23.5.